The molecule has 1 aromatic carbocycles. The SMILES string of the molecule is COc1ccc(NC(=O)CSc2nnc(C)n2C2CC2)c(OC)c1. The molecule has 24 heavy (non-hydrogen) atoms. The van der Waals surface area contributed by atoms with Crippen LogP contribution in [0.5, 0.6) is 11.5 Å². The summed E-state index contributed by atoms with van der Waals surface area (Å²) in [5.41, 5.74) is 0.615. The van der Waals surface area contributed by atoms with Gasteiger partial charge in [0.1, 0.15) is 17.3 Å². The minimum Gasteiger partial charge on any atom is -0.497 e. The Labute approximate surface area is 144 Å². The minimum atomic E-state index is -0.119. The lowest BCUT2D eigenvalue weighted by molar-refractivity contribution is -0.113. The summed E-state index contributed by atoms with van der Waals surface area (Å²) in [6, 6.07) is 5.76. The second-order valence-corrected chi connectivity index (χ2v) is 6.48. The lowest BCUT2D eigenvalue weighted by atomic mass is 10.2. The van der Waals surface area contributed by atoms with E-state index >= 15 is 0 Å². The predicted molar refractivity (Wildman–Crippen MR) is 91.9 cm³/mol. The van der Waals surface area contributed by atoms with Crippen LogP contribution in [0, 0.1) is 6.92 Å². The van der Waals surface area contributed by atoms with E-state index in [9.17, 15) is 4.79 Å². The molecule has 1 saturated carbocycles. The third kappa shape index (κ3) is 3.64. The number of aromatic nitrogens is 3. The number of ether oxygens (including phenoxy) is 2. The normalized spacial score (nSPS) is 13.6. The number of methoxy groups -OCH3 is 2. The maximum Gasteiger partial charge on any atom is 0.234 e. The van der Waals surface area contributed by atoms with Crippen molar-refractivity contribution in [1.82, 2.24) is 14.8 Å². The van der Waals surface area contributed by atoms with Gasteiger partial charge in [-0.25, -0.2) is 0 Å². The Hall–Kier alpha value is -2.22. The zero-order chi connectivity index (χ0) is 17.1. The number of thioether (sulfide) groups is 1. The zero-order valence-electron chi connectivity index (χ0n) is 13.9. The van der Waals surface area contributed by atoms with E-state index in [-0.39, 0.29) is 11.7 Å². The van der Waals surface area contributed by atoms with Crippen LogP contribution in [0.25, 0.3) is 0 Å². The summed E-state index contributed by atoms with van der Waals surface area (Å²) < 4.78 is 12.6. The van der Waals surface area contributed by atoms with Gasteiger partial charge in [0.15, 0.2) is 5.16 Å². The number of anilines is 1. The molecule has 8 heteroatoms. The van der Waals surface area contributed by atoms with Crippen LogP contribution >= 0.6 is 11.8 Å². The molecule has 0 atom stereocenters. The topological polar surface area (TPSA) is 78.3 Å². The van der Waals surface area contributed by atoms with E-state index in [1.807, 2.05) is 6.92 Å². The molecule has 1 amide bonds. The summed E-state index contributed by atoms with van der Waals surface area (Å²) in [5.74, 6) is 2.28. The van der Waals surface area contributed by atoms with Gasteiger partial charge in [0.25, 0.3) is 0 Å². The number of benzene rings is 1. The van der Waals surface area contributed by atoms with Crippen molar-refractivity contribution in [2.75, 3.05) is 25.3 Å². The van der Waals surface area contributed by atoms with Gasteiger partial charge in [0.05, 0.1) is 25.7 Å². The number of hydrogen-bond donors (Lipinski definition) is 1. The smallest absolute Gasteiger partial charge is 0.234 e. The van der Waals surface area contributed by atoms with Crippen molar-refractivity contribution in [2.45, 2.75) is 31.0 Å². The molecular weight excluding hydrogens is 328 g/mol. The lowest BCUT2D eigenvalue weighted by Crippen LogP contribution is -2.15. The molecule has 1 N–H and O–H groups in total. The first-order chi connectivity index (χ1) is 11.6. The quantitative estimate of drug-likeness (QED) is 0.775. The maximum atomic E-state index is 12.2. The summed E-state index contributed by atoms with van der Waals surface area (Å²) in [4.78, 5) is 12.2. The van der Waals surface area contributed by atoms with Crippen molar-refractivity contribution in [1.29, 1.82) is 0 Å². The van der Waals surface area contributed by atoms with Crippen molar-refractivity contribution in [3.63, 3.8) is 0 Å². The number of carbonyl (C=O) groups excluding carboxylic acids is 1. The highest BCUT2D eigenvalue weighted by atomic mass is 32.2. The first kappa shape index (κ1) is 16.6. The molecule has 1 fully saturated rings. The van der Waals surface area contributed by atoms with E-state index in [2.05, 4.69) is 20.1 Å². The summed E-state index contributed by atoms with van der Waals surface area (Å²) in [5, 5.41) is 11.9. The van der Waals surface area contributed by atoms with E-state index in [0.717, 1.165) is 23.8 Å². The third-order valence-corrected chi connectivity index (χ3v) is 4.71. The Kier molecular flexibility index (Phi) is 4.94. The van der Waals surface area contributed by atoms with Gasteiger partial charge >= 0.3 is 0 Å². The molecule has 7 nitrogen and oxygen atoms in total. The zero-order valence-corrected chi connectivity index (χ0v) is 14.7. The van der Waals surface area contributed by atoms with Crippen molar-refractivity contribution < 1.29 is 14.3 Å². The van der Waals surface area contributed by atoms with E-state index < -0.39 is 0 Å². The molecule has 1 aliphatic carbocycles. The average molecular weight is 348 g/mol. The van der Waals surface area contributed by atoms with Gasteiger partial charge in [-0.1, -0.05) is 11.8 Å². The molecule has 3 rings (SSSR count). The number of nitrogens with zero attached hydrogens (tertiary/aromatic N) is 3. The van der Waals surface area contributed by atoms with E-state index in [1.54, 1.807) is 32.4 Å². The molecule has 0 saturated heterocycles. The summed E-state index contributed by atoms with van der Waals surface area (Å²) in [6.45, 7) is 1.94. The van der Waals surface area contributed by atoms with Gasteiger partial charge in [0.2, 0.25) is 5.91 Å². The highest BCUT2D eigenvalue weighted by molar-refractivity contribution is 7.99. The number of hydrogen-bond acceptors (Lipinski definition) is 6. The molecule has 1 heterocycles. The maximum absolute atomic E-state index is 12.2. The second kappa shape index (κ2) is 7.12. The highest BCUT2D eigenvalue weighted by Crippen LogP contribution is 2.38. The van der Waals surface area contributed by atoms with Crippen LogP contribution in [0.2, 0.25) is 0 Å². The average Bonchev–Trinajstić information content (AvgIpc) is 3.36. The van der Waals surface area contributed by atoms with Crippen LogP contribution < -0.4 is 14.8 Å². The van der Waals surface area contributed by atoms with Crippen molar-refractivity contribution in [3.05, 3.63) is 24.0 Å². The number of amides is 1. The van der Waals surface area contributed by atoms with E-state index in [0.29, 0.717) is 23.2 Å². The third-order valence-electron chi connectivity index (χ3n) is 3.76. The van der Waals surface area contributed by atoms with Gasteiger partial charge in [-0.05, 0) is 31.9 Å². The fraction of sp³-hybridized carbons (Fsp3) is 0.438. The van der Waals surface area contributed by atoms with Crippen LogP contribution in [0.3, 0.4) is 0 Å². The lowest BCUT2D eigenvalue weighted by Gasteiger charge is -2.11. The molecule has 0 radical (unpaired) electrons. The second-order valence-electron chi connectivity index (χ2n) is 5.53. The van der Waals surface area contributed by atoms with Gasteiger partial charge in [-0.15, -0.1) is 10.2 Å². The molecule has 1 aliphatic rings. The molecule has 0 unspecified atom stereocenters. The van der Waals surface area contributed by atoms with Gasteiger partial charge in [-0.3, -0.25) is 4.79 Å². The predicted octanol–water partition coefficient (Wildman–Crippen LogP) is 2.67. The standard InChI is InChI=1S/C16H20N4O3S/c1-10-18-19-16(20(10)11-4-5-11)24-9-15(21)17-13-7-6-12(22-2)8-14(13)23-3/h6-8,11H,4-5,9H2,1-3H3,(H,17,21). The van der Waals surface area contributed by atoms with Crippen LogP contribution in [-0.4, -0.2) is 40.6 Å². The Morgan fingerprint density at radius 3 is 2.79 bits per heavy atom. The molecule has 0 aliphatic heterocycles. The molecule has 1 aromatic heterocycles. The monoisotopic (exact) mass is 348 g/mol. The molecular formula is C16H20N4O3S. The summed E-state index contributed by atoms with van der Waals surface area (Å²) >= 11 is 1.40. The summed E-state index contributed by atoms with van der Waals surface area (Å²) in [7, 11) is 3.14. The van der Waals surface area contributed by atoms with Crippen LogP contribution in [0.15, 0.2) is 23.4 Å². The van der Waals surface area contributed by atoms with Gasteiger partial charge in [0, 0.05) is 12.1 Å². The number of carbonyl (C=O) groups is 1. The van der Waals surface area contributed by atoms with Crippen LogP contribution in [0.4, 0.5) is 5.69 Å². The van der Waals surface area contributed by atoms with Crippen molar-refractivity contribution >= 4 is 23.4 Å². The Morgan fingerprint density at radius 1 is 1.33 bits per heavy atom. The molecule has 0 spiro atoms. The van der Waals surface area contributed by atoms with Gasteiger partial charge < -0.3 is 19.4 Å². The number of rotatable bonds is 7. The Balaban J connectivity index is 1.62. The number of nitrogens with one attached hydrogen (secondary N) is 1. The van der Waals surface area contributed by atoms with Crippen LogP contribution in [-0.2, 0) is 4.79 Å². The molecule has 0 bridgehead atoms. The van der Waals surface area contributed by atoms with Crippen LogP contribution in [0.1, 0.15) is 24.7 Å². The summed E-state index contributed by atoms with van der Waals surface area (Å²) in [6.07, 6.45) is 2.31. The molecule has 2 aromatic rings. The van der Waals surface area contributed by atoms with Crippen molar-refractivity contribution in [2.24, 2.45) is 0 Å². The molecule has 128 valence electrons. The van der Waals surface area contributed by atoms with Crippen molar-refractivity contribution in [3.8, 4) is 11.5 Å². The Bertz CT molecular complexity index is 743. The fourth-order valence-electron chi connectivity index (χ4n) is 2.42. The van der Waals surface area contributed by atoms with E-state index in [1.165, 1.54) is 11.8 Å². The van der Waals surface area contributed by atoms with E-state index in [4.69, 9.17) is 9.47 Å². The largest absolute Gasteiger partial charge is 0.497 e. The highest BCUT2D eigenvalue weighted by Gasteiger charge is 2.28. The fourth-order valence-corrected chi connectivity index (χ4v) is 3.27. The Morgan fingerprint density at radius 2 is 2.12 bits per heavy atom. The minimum absolute atomic E-state index is 0.119. The van der Waals surface area contributed by atoms with Gasteiger partial charge in [-0.2, -0.15) is 0 Å². The number of aryl methyl sites for hydroxylation is 1. The first-order valence-electron chi connectivity index (χ1n) is 7.68. The first-order valence-corrected chi connectivity index (χ1v) is 8.67.